The molecule has 7 nitrogen and oxygen atoms in total. The highest BCUT2D eigenvalue weighted by Gasteiger charge is 2.26. The Hall–Kier alpha value is -3.06. The Bertz CT molecular complexity index is 868. The first kappa shape index (κ1) is 19.7. The third-order valence-electron chi connectivity index (χ3n) is 4.91. The van der Waals surface area contributed by atoms with E-state index in [4.69, 9.17) is 10.5 Å². The molecule has 0 bridgehead atoms. The topological polar surface area (TPSA) is 96.1 Å². The number of nitrogens with zero attached hydrogens (tertiary/aromatic N) is 2. The highest BCUT2D eigenvalue weighted by Crippen LogP contribution is 2.31. The summed E-state index contributed by atoms with van der Waals surface area (Å²) < 4.78 is 5.39. The molecule has 3 rings (SSSR count). The number of nitrogens with two attached hydrogens (primary N) is 1. The number of hydrogen-bond acceptors (Lipinski definition) is 5. The van der Waals surface area contributed by atoms with Crippen molar-refractivity contribution in [3.63, 3.8) is 0 Å². The number of hydrogen-bond donors (Lipinski definition) is 2. The van der Waals surface area contributed by atoms with E-state index in [9.17, 15) is 14.7 Å². The maximum Gasteiger partial charge on any atom is 0.246 e. The molecule has 0 spiro atoms. The molecule has 2 aromatic rings. The molecule has 1 heterocycles. The summed E-state index contributed by atoms with van der Waals surface area (Å²) in [7, 11) is 1.54. The Morgan fingerprint density at radius 3 is 2.75 bits per heavy atom. The fourth-order valence-corrected chi connectivity index (χ4v) is 3.46. The summed E-state index contributed by atoms with van der Waals surface area (Å²) in [4.78, 5) is 28.0. The fourth-order valence-electron chi connectivity index (χ4n) is 3.46. The summed E-state index contributed by atoms with van der Waals surface area (Å²) >= 11 is 0. The van der Waals surface area contributed by atoms with Crippen LogP contribution in [0, 0.1) is 0 Å². The van der Waals surface area contributed by atoms with Crippen molar-refractivity contribution in [2.45, 2.75) is 19.4 Å². The molecule has 1 aliphatic heterocycles. The van der Waals surface area contributed by atoms with Gasteiger partial charge in [0.2, 0.25) is 11.8 Å². The van der Waals surface area contributed by atoms with Crippen LogP contribution in [0.25, 0.3) is 0 Å². The van der Waals surface area contributed by atoms with Crippen molar-refractivity contribution < 1.29 is 19.4 Å². The number of benzene rings is 2. The van der Waals surface area contributed by atoms with Crippen molar-refractivity contribution in [1.82, 2.24) is 0 Å². The van der Waals surface area contributed by atoms with Crippen molar-refractivity contribution in [2.75, 3.05) is 36.5 Å². The van der Waals surface area contributed by atoms with Gasteiger partial charge < -0.3 is 25.4 Å². The number of fused-ring (bicyclic) bond motifs is 1. The SMILES string of the molecule is COc1ccccc1N(CCC(N)=O)C(=O)CN1CCc2ccc(CO)cc21. The van der Waals surface area contributed by atoms with Crippen LogP contribution in [0.4, 0.5) is 11.4 Å². The lowest BCUT2D eigenvalue weighted by molar-refractivity contribution is -0.118. The highest BCUT2D eigenvalue weighted by molar-refractivity contribution is 5.98. The van der Waals surface area contributed by atoms with E-state index in [1.165, 1.54) is 0 Å². The number of rotatable bonds is 8. The Morgan fingerprint density at radius 1 is 1.25 bits per heavy atom. The monoisotopic (exact) mass is 383 g/mol. The van der Waals surface area contributed by atoms with Gasteiger partial charge in [-0.15, -0.1) is 0 Å². The zero-order chi connectivity index (χ0) is 20.1. The summed E-state index contributed by atoms with van der Waals surface area (Å²) in [5.74, 6) is -0.0514. The molecule has 0 aromatic heterocycles. The Kier molecular flexibility index (Phi) is 6.16. The molecule has 0 fully saturated rings. The molecule has 7 heteroatoms. The fraction of sp³-hybridized carbons (Fsp3) is 0.333. The number of ether oxygens (including phenoxy) is 1. The first-order valence-electron chi connectivity index (χ1n) is 9.22. The van der Waals surface area contributed by atoms with Crippen LogP contribution < -0.4 is 20.3 Å². The number of aliphatic hydroxyl groups is 1. The summed E-state index contributed by atoms with van der Waals surface area (Å²) in [6, 6.07) is 13.0. The lowest BCUT2D eigenvalue weighted by Gasteiger charge is -2.27. The normalized spacial score (nSPS) is 12.6. The standard InChI is InChI=1S/C21H25N3O4/c1-28-19-5-3-2-4-17(19)24(11-9-20(22)26)21(27)13-23-10-8-16-7-6-15(14-25)12-18(16)23/h2-7,12,25H,8-11,13-14H2,1H3,(H2,22,26). The molecule has 0 aliphatic carbocycles. The zero-order valence-corrected chi connectivity index (χ0v) is 15.9. The van der Waals surface area contributed by atoms with Crippen LogP contribution in [0.5, 0.6) is 5.75 Å². The highest BCUT2D eigenvalue weighted by atomic mass is 16.5. The number of carbonyl (C=O) groups is 2. The smallest absolute Gasteiger partial charge is 0.246 e. The van der Waals surface area contributed by atoms with Crippen molar-refractivity contribution in [2.24, 2.45) is 5.73 Å². The van der Waals surface area contributed by atoms with Gasteiger partial charge in [0, 0.05) is 25.2 Å². The number of primary amides is 1. The first-order valence-corrected chi connectivity index (χ1v) is 9.22. The van der Waals surface area contributed by atoms with E-state index in [-0.39, 0.29) is 32.0 Å². The molecule has 0 saturated heterocycles. The number of anilines is 2. The minimum atomic E-state index is -0.466. The van der Waals surface area contributed by atoms with E-state index in [2.05, 4.69) is 0 Å². The minimum absolute atomic E-state index is 0.0407. The van der Waals surface area contributed by atoms with Crippen molar-refractivity contribution >= 4 is 23.2 Å². The van der Waals surface area contributed by atoms with Crippen LogP contribution in [-0.2, 0) is 22.6 Å². The van der Waals surface area contributed by atoms with Gasteiger partial charge in [0.1, 0.15) is 5.75 Å². The summed E-state index contributed by atoms with van der Waals surface area (Å²) in [6.45, 7) is 1.04. The second-order valence-electron chi connectivity index (χ2n) is 6.73. The molecule has 0 atom stereocenters. The van der Waals surface area contributed by atoms with E-state index >= 15 is 0 Å². The van der Waals surface area contributed by atoms with Crippen molar-refractivity contribution in [3.05, 3.63) is 53.6 Å². The summed E-state index contributed by atoms with van der Waals surface area (Å²) in [6.07, 6.45) is 0.916. The summed E-state index contributed by atoms with van der Waals surface area (Å²) in [5, 5.41) is 9.40. The van der Waals surface area contributed by atoms with Gasteiger partial charge in [-0.05, 0) is 35.7 Å². The molecule has 0 saturated carbocycles. The molecule has 1 aliphatic rings. The molecule has 2 amide bonds. The van der Waals surface area contributed by atoms with E-state index in [0.717, 1.165) is 29.8 Å². The molecule has 148 valence electrons. The predicted molar refractivity (Wildman–Crippen MR) is 107 cm³/mol. The maximum absolute atomic E-state index is 13.2. The van der Waals surface area contributed by atoms with Gasteiger partial charge in [0.25, 0.3) is 0 Å². The van der Waals surface area contributed by atoms with E-state index in [1.54, 1.807) is 24.1 Å². The van der Waals surface area contributed by atoms with Gasteiger partial charge in [-0.1, -0.05) is 24.3 Å². The first-order chi connectivity index (χ1) is 13.5. The largest absolute Gasteiger partial charge is 0.495 e. The zero-order valence-electron chi connectivity index (χ0n) is 15.9. The quantitative estimate of drug-likeness (QED) is 0.719. The molecular weight excluding hydrogens is 358 g/mol. The number of amides is 2. The Morgan fingerprint density at radius 2 is 2.04 bits per heavy atom. The third-order valence-corrected chi connectivity index (χ3v) is 4.91. The molecule has 2 aromatic carbocycles. The Labute approximate surface area is 164 Å². The minimum Gasteiger partial charge on any atom is -0.495 e. The lowest BCUT2D eigenvalue weighted by atomic mass is 10.1. The average molecular weight is 383 g/mol. The third kappa shape index (κ3) is 4.26. The summed E-state index contributed by atoms with van der Waals surface area (Å²) in [5.41, 5.74) is 8.86. The molecule has 0 unspecified atom stereocenters. The van der Waals surface area contributed by atoms with E-state index < -0.39 is 5.91 Å². The van der Waals surface area contributed by atoms with Crippen molar-refractivity contribution in [1.29, 1.82) is 0 Å². The van der Waals surface area contributed by atoms with Gasteiger partial charge in [-0.25, -0.2) is 0 Å². The molecule has 3 N–H and O–H groups in total. The molecular formula is C21H25N3O4. The van der Waals surface area contributed by atoms with Crippen LogP contribution in [0.15, 0.2) is 42.5 Å². The van der Waals surface area contributed by atoms with Crippen LogP contribution in [0.1, 0.15) is 17.5 Å². The maximum atomic E-state index is 13.2. The van der Waals surface area contributed by atoms with Crippen LogP contribution in [0.2, 0.25) is 0 Å². The number of para-hydroxylation sites is 2. The average Bonchev–Trinajstić information content (AvgIpc) is 3.10. The van der Waals surface area contributed by atoms with Crippen molar-refractivity contribution in [3.8, 4) is 5.75 Å². The Balaban J connectivity index is 1.84. The van der Waals surface area contributed by atoms with Crippen LogP contribution in [0.3, 0.4) is 0 Å². The van der Waals surface area contributed by atoms with Gasteiger partial charge in [-0.3, -0.25) is 9.59 Å². The molecule has 28 heavy (non-hydrogen) atoms. The number of aliphatic hydroxyl groups excluding tert-OH is 1. The van der Waals surface area contributed by atoms with E-state index in [0.29, 0.717) is 11.4 Å². The van der Waals surface area contributed by atoms with Gasteiger partial charge in [0.05, 0.1) is 25.9 Å². The van der Waals surface area contributed by atoms with Crippen LogP contribution in [-0.4, -0.2) is 43.7 Å². The predicted octanol–water partition coefficient (Wildman–Crippen LogP) is 1.46. The van der Waals surface area contributed by atoms with E-state index in [1.807, 2.05) is 35.2 Å². The second-order valence-corrected chi connectivity index (χ2v) is 6.73. The van der Waals surface area contributed by atoms with Gasteiger partial charge in [-0.2, -0.15) is 0 Å². The second kappa shape index (κ2) is 8.75. The molecule has 0 radical (unpaired) electrons. The van der Waals surface area contributed by atoms with Gasteiger partial charge >= 0.3 is 0 Å². The number of carbonyl (C=O) groups excluding carboxylic acids is 2. The number of methoxy groups -OCH3 is 1. The lowest BCUT2D eigenvalue weighted by Crippen LogP contribution is -2.41. The van der Waals surface area contributed by atoms with Crippen LogP contribution >= 0.6 is 0 Å². The van der Waals surface area contributed by atoms with Gasteiger partial charge in [0.15, 0.2) is 0 Å².